The van der Waals surface area contributed by atoms with Gasteiger partial charge in [0.25, 0.3) is 0 Å². The Morgan fingerprint density at radius 2 is 1.80 bits per heavy atom. The van der Waals surface area contributed by atoms with Gasteiger partial charge < -0.3 is 10.4 Å². The van der Waals surface area contributed by atoms with Crippen LogP contribution in [0, 0.1) is 17.5 Å². The van der Waals surface area contributed by atoms with Crippen molar-refractivity contribution in [2.24, 2.45) is 0 Å². The molecule has 0 aliphatic carbocycles. The van der Waals surface area contributed by atoms with Crippen LogP contribution in [0.4, 0.5) is 18.9 Å². The maximum Gasteiger partial charge on any atom is 0.149 e. The number of phenols is 1. The van der Waals surface area contributed by atoms with Crippen LogP contribution >= 0.6 is 15.9 Å². The molecule has 0 spiro atoms. The molecule has 2 nitrogen and oxygen atoms in total. The number of benzene rings is 2. The molecular formula is C14H11BrF3NO. The largest absolute Gasteiger partial charge is 0.507 e. The highest BCUT2D eigenvalue weighted by Gasteiger charge is 2.14. The number of aromatic hydroxyl groups is 1. The molecule has 2 aromatic carbocycles. The van der Waals surface area contributed by atoms with Crippen molar-refractivity contribution >= 4 is 21.6 Å². The number of rotatable bonds is 3. The molecule has 2 N–H and O–H groups in total. The second kappa shape index (κ2) is 5.75. The summed E-state index contributed by atoms with van der Waals surface area (Å²) in [6.07, 6.45) is 0. The molecule has 2 rings (SSSR count). The third-order valence-electron chi connectivity index (χ3n) is 2.84. The average molecular weight is 346 g/mol. The van der Waals surface area contributed by atoms with E-state index in [4.69, 9.17) is 0 Å². The number of anilines is 1. The summed E-state index contributed by atoms with van der Waals surface area (Å²) >= 11 is 2.97. The number of halogens is 4. The number of nitrogens with one attached hydrogen (secondary N) is 1. The Kier molecular flexibility index (Phi) is 4.23. The van der Waals surface area contributed by atoms with Crippen LogP contribution in [0.15, 0.2) is 34.8 Å². The van der Waals surface area contributed by atoms with Gasteiger partial charge in [-0.2, -0.15) is 0 Å². The van der Waals surface area contributed by atoms with Gasteiger partial charge in [0.15, 0.2) is 0 Å². The van der Waals surface area contributed by atoms with Crippen molar-refractivity contribution in [3.05, 3.63) is 57.8 Å². The van der Waals surface area contributed by atoms with Gasteiger partial charge in [0.2, 0.25) is 0 Å². The van der Waals surface area contributed by atoms with E-state index in [2.05, 4.69) is 21.2 Å². The molecule has 0 amide bonds. The van der Waals surface area contributed by atoms with E-state index in [0.717, 1.165) is 12.1 Å². The van der Waals surface area contributed by atoms with E-state index in [1.54, 1.807) is 6.92 Å². The lowest BCUT2D eigenvalue weighted by molar-refractivity contribution is 0.459. The molecule has 0 aliphatic heterocycles. The van der Waals surface area contributed by atoms with Gasteiger partial charge in [-0.3, -0.25) is 0 Å². The van der Waals surface area contributed by atoms with Crippen LogP contribution in [-0.4, -0.2) is 5.11 Å². The highest BCUT2D eigenvalue weighted by Crippen LogP contribution is 2.30. The second-order valence-electron chi connectivity index (χ2n) is 4.32. The van der Waals surface area contributed by atoms with Crippen molar-refractivity contribution in [1.82, 2.24) is 0 Å². The van der Waals surface area contributed by atoms with Gasteiger partial charge in [-0.05, 0) is 35.0 Å². The third kappa shape index (κ3) is 3.07. The van der Waals surface area contributed by atoms with Gasteiger partial charge in [0.1, 0.15) is 23.2 Å². The van der Waals surface area contributed by atoms with Crippen LogP contribution in [0.1, 0.15) is 18.5 Å². The summed E-state index contributed by atoms with van der Waals surface area (Å²) in [7, 11) is 0. The summed E-state index contributed by atoms with van der Waals surface area (Å²) in [5, 5.41) is 12.5. The monoisotopic (exact) mass is 345 g/mol. The fourth-order valence-corrected chi connectivity index (χ4v) is 2.17. The van der Waals surface area contributed by atoms with Crippen molar-refractivity contribution in [3.8, 4) is 5.75 Å². The first-order valence-electron chi connectivity index (χ1n) is 5.78. The Morgan fingerprint density at radius 3 is 2.45 bits per heavy atom. The predicted octanol–water partition coefficient (Wildman–Crippen LogP) is 4.75. The Labute approximate surface area is 122 Å². The van der Waals surface area contributed by atoms with Crippen LogP contribution in [0.5, 0.6) is 5.75 Å². The van der Waals surface area contributed by atoms with E-state index >= 15 is 0 Å². The minimum Gasteiger partial charge on any atom is -0.507 e. The molecule has 0 radical (unpaired) electrons. The summed E-state index contributed by atoms with van der Waals surface area (Å²) in [6.45, 7) is 1.67. The molecular weight excluding hydrogens is 335 g/mol. The number of phenolic OH excluding ortho intramolecular Hbond substituents is 1. The maximum atomic E-state index is 13.6. The molecule has 0 saturated heterocycles. The first-order chi connectivity index (χ1) is 9.38. The molecule has 0 aromatic heterocycles. The topological polar surface area (TPSA) is 32.3 Å². The van der Waals surface area contributed by atoms with Gasteiger partial charge >= 0.3 is 0 Å². The zero-order valence-electron chi connectivity index (χ0n) is 10.4. The Bertz CT molecular complexity index is 649. The van der Waals surface area contributed by atoms with Gasteiger partial charge in [-0.15, -0.1) is 0 Å². The van der Waals surface area contributed by atoms with E-state index in [1.807, 2.05) is 0 Å². The van der Waals surface area contributed by atoms with E-state index in [1.165, 1.54) is 18.2 Å². The molecule has 0 bridgehead atoms. The molecule has 0 heterocycles. The quantitative estimate of drug-likeness (QED) is 0.787. The minimum absolute atomic E-state index is 0.0782. The maximum absolute atomic E-state index is 13.6. The molecule has 2 aromatic rings. The summed E-state index contributed by atoms with van der Waals surface area (Å²) in [5.74, 6) is -2.25. The van der Waals surface area contributed by atoms with Gasteiger partial charge in [0, 0.05) is 17.7 Å². The highest BCUT2D eigenvalue weighted by atomic mass is 79.9. The lowest BCUT2D eigenvalue weighted by Crippen LogP contribution is -2.08. The molecule has 0 aliphatic rings. The molecule has 106 valence electrons. The van der Waals surface area contributed by atoms with Crippen LogP contribution in [-0.2, 0) is 0 Å². The van der Waals surface area contributed by atoms with Gasteiger partial charge in [-0.25, -0.2) is 13.2 Å². The molecule has 1 unspecified atom stereocenters. The second-order valence-corrected chi connectivity index (χ2v) is 5.17. The Hall–Kier alpha value is -1.69. The summed E-state index contributed by atoms with van der Waals surface area (Å²) in [4.78, 5) is 0. The summed E-state index contributed by atoms with van der Waals surface area (Å²) < 4.78 is 39.8. The fourth-order valence-electron chi connectivity index (χ4n) is 1.83. The summed E-state index contributed by atoms with van der Waals surface area (Å²) in [6, 6.07) is 5.11. The van der Waals surface area contributed by atoms with E-state index in [0.29, 0.717) is 5.56 Å². The first kappa shape index (κ1) is 14.7. The zero-order valence-corrected chi connectivity index (χ0v) is 12.0. The van der Waals surface area contributed by atoms with Crippen molar-refractivity contribution in [2.75, 3.05) is 5.32 Å². The Morgan fingerprint density at radius 1 is 1.10 bits per heavy atom. The fraction of sp³-hybridized carbons (Fsp3) is 0.143. The molecule has 6 heteroatoms. The highest BCUT2D eigenvalue weighted by molar-refractivity contribution is 9.10. The molecule has 20 heavy (non-hydrogen) atoms. The first-order valence-corrected chi connectivity index (χ1v) is 6.57. The van der Waals surface area contributed by atoms with Crippen LogP contribution in [0.3, 0.4) is 0 Å². The van der Waals surface area contributed by atoms with E-state index in [9.17, 15) is 18.3 Å². The Balaban J connectivity index is 2.27. The number of hydrogen-bond acceptors (Lipinski definition) is 2. The van der Waals surface area contributed by atoms with Crippen molar-refractivity contribution in [3.63, 3.8) is 0 Å². The van der Waals surface area contributed by atoms with Crippen molar-refractivity contribution in [1.29, 1.82) is 0 Å². The van der Waals surface area contributed by atoms with Crippen LogP contribution in [0.2, 0.25) is 0 Å². The SMILES string of the molecule is CC(Nc1cc(Br)c(F)cc1F)c1ccc(F)cc1O. The average Bonchev–Trinajstić information content (AvgIpc) is 2.35. The lowest BCUT2D eigenvalue weighted by Gasteiger charge is -2.17. The van der Waals surface area contributed by atoms with E-state index in [-0.39, 0.29) is 15.9 Å². The van der Waals surface area contributed by atoms with Gasteiger partial charge in [0.05, 0.1) is 16.2 Å². The lowest BCUT2D eigenvalue weighted by atomic mass is 10.1. The van der Waals surface area contributed by atoms with Crippen LogP contribution in [0.25, 0.3) is 0 Å². The predicted molar refractivity (Wildman–Crippen MR) is 74.2 cm³/mol. The standard InChI is InChI=1S/C14H11BrF3NO/c1-7(9-3-2-8(16)4-14(9)20)19-13-5-10(15)11(17)6-12(13)18/h2-7,19-20H,1H3. The van der Waals surface area contributed by atoms with E-state index < -0.39 is 23.5 Å². The smallest absolute Gasteiger partial charge is 0.149 e. The zero-order chi connectivity index (χ0) is 14.9. The third-order valence-corrected chi connectivity index (χ3v) is 3.45. The number of hydrogen-bond donors (Lipinski definition) is 2. The van der Waals surface area contributed by atoms with Crippen LogP contribution < -0.4 is 5.32 Å². The van der Waals surface area contributed by atoms with Crippen molar-refractivity contribution in [2.45, 2.75) is 13.0 Å². The molecule has 0 fully saturated rings. The molecule has 1 atom stereocenters. The normalized spacial score (nSPS) is 12.2. The van der Waals surface area contributed by atoms with Gasteiger partial charge in [-0.1, -0.05) is 6.07 Å². The van der Waals surface area contributed by atoms with Crippen molar-refractivity contribution < 1.29 is 18.3 Å². The summed E-state index contributed by atoms with van der Waals surface area (Å²) in [5.41, 5.74) is 0.487. The minimum atomic E-state index is -0.751. The molecule has 0 saturated carbocycles.